The fraction of sp³-hybridized carbons (Fsp3) is 0.200. The van der Waals surface area contributed by atoms with E-state index < -0.39 is 10.8 Å². The number of hydrogen-bond donors (Lipinski definition) is 1. The second-order valence-corrected chi connectivity index (χ2v) is 6.70. The third kappa shape index (κ3) is 4.35. The summed E-state index contributed by atoms with van der Waals surface area (Å²) < 4.78 is 18.6. The van der Waals surface area contributed by atoms with E-state index in [1.165, 1.54) is 0 Å². The summed E-state index contributed by atoms with van der Waals surface area (Å²) in [5, 5.41) is 0. The molecule has 0 bridgehead atoms. The fourth-order valence-corrected chi connectivity index (χ4v) is 3.25. The molecule has 0 saturated carbocycles. The summed E-state index contributed by atoms with van der Waals surface area (Å²) in [7, 11) is -1.09. The van der Waals surface area contributed by atoms with E-state index in [1.807, 2.05) is 36.4 Å². The minimum absolute atomic E-state index is 0.540. The molecule has 106 valence electrons. The first-order valence-electron chi connectivity index (χ1n) is 6.28. The molecule has 0 aliphatic heterocycles. The van der Waals surface area contributed by atoms with Gasteiger partial charge in [0.25, 0.3) is 0 Å². The van der Waals surface area contributed by atoms with E-state index in [0.717, 1.165) is 16.6 Å². The number of nitrogen functional groups attached to an aromatic ring is 1. The lowest BCUT2D eigenvalue weighted by Crippen LogP contribution is -2.06. The Morgan fingerprint density at radius 2 is 1.90 bits per heavy atom. The van der Waals surface area contributed by atoms with Crippen molar-refractivity contribution in [2.75, 3.05) is 18.1 Å². The second-order valence-electron chi connectivity index (χ2n) is 4.25. The molecule has 20 heavy (non-hydrogen) atoms. The van der Waals surface area contributed by atoms with E-state index in [-0.39, 0.29) is 0 Å². The maximum Gasteiger partial charge on any atom is 0.119 e. The molecule has 2 rings (SSSR count). The molecule has 0 heterocycles. The van der Waals surface area contributed by atoms with Crippen LogP contribution in [0.2, 0.25) is 0 Å². The Bertz CT molecular complexity index is 590. The highest BCUT2D eigenvalue weighted by atomic mass is 79.9. The van der Waals surface area contributed by atoms with Crippen LogP contribution < -0.4 is 10.5 Å². The van der Waals surface area contributed by atoms with E-state index in [4.69, 9.17) is 10.5 Å². The SMILES string of the molecule is Nc1cc(Br)ccc1S(=O)CCCOc1ccccc1. The van der Waals surface area contributed by atoms with Crippen molar-refractivity contribution in [2.24, 2.45) is 0 Å². The molecule has 2 N–H and O–H groups in total. The van der Waals surface area contributed by atoms with Crippen LogP contribution in [-0.4, -0.2) is 16.6 Å². The average Bonchev–Trinajstić information content (AvgIpc) is 2.44. The lowest BCUT2D eigenvalue weighted by Gasteiger charge is -2.08. The van der Waals surface area contributed by atoms with Crippen LogP contribution in [0.3, 0.4) is 0 Å². The van der Waals surface area contributed by atoms with Crippen molar-refractivity contribution in [1.82, 2.24) is 0 Å². The average molecular weight is 354 g/mol. The third-order valence-corrected chi connectivity index (χ3v) is 4.72. The molecular formula is C15H16BrNO2S. The van der Waals surface area contributed by atoms with Crippen LogP contribution in [0.4, 0.5) is 5.69 Å². The Balaban J connectivity index is 1.80. The number of benzene rings is 2. The summed E-state index contributed by atoms with van der Waals surface area (Å²) in [5.41, 5.74) is 6.42. The van der Waals surface area contributed by atoms with Crippen LogP contribution in [-0.2, 0) is 10.8 Å². The third-order valence-electron chi connectivity index (χ3n) is 2.70. The smallest absolute Gasteiger partial charge is 0.119 e. The van der Waals surface area contributed by atoms with Crippen LogP contribution in [0.5, 0.6) is 5.75 Å². The van der Waals surface area contributed by atoms with Gasteiger partial charge in [-0.2, -0.15) is 0 Å². The van der Waals surface area contributed by atoms with Crippen molar-refractivity contribution in [3.63, 3.8) is 0 Å². The number of anilines is 1. The number of rotatable bonds is 6. The highest BCUT2D eigenvalue weighted by Gasteiger charge is 2.08. The number of nitrogens with two attached hydrogens (primary N) is 1. The van der Waals surface area contributed by atoms with E-state index in [0.29, 0.717) is 22.9 Å². The lowest BCUT2D eigenvalue weighted by atomic mass is 10.3. The largest absolute Gasteiger partial charge is 0.494 e. The van der Waals surface area contributed by atoms with Gasteiger partial charge in [-0.3, -0.25) is 4.21 Å². The Labute approximate surface area is 129 Å². The van der Waals surface area contributed by atoms with Gasteiger partial charge in [0.1, 0.15) is 5.75 Å². The molecule has 0 saturated heterocycles. The zero-order valence-corrected chi connectivity index (χ0v) is 13.3. The van der Waals surface area contributed by atoms with Crippen LogP contribution in [0.25, 0.3) is 0 Å². The molecular weight excluding hydrogens is 338 g/mol. The van der Waals surface area contributed by atoms with Gasteiger partial charge in [-0.1, -0.05) is 34.1 Å². The molecule has 0 amide bonds. The zero-order valence-electron chi connectivity index (χ0n) is 10.9. The molecule has 0 fully saturated rings. The Morgan fingerprint density at radius 1 is 1.15 bits per heavy atom. The zero-order chi connectivity index (χ0) is 14.4. The summed E-state index contributed by atoms with van der Waals surface area (Å²) in [6.07, 6.45) is 0.719. The summed E-state index contributed by atoms with van der Waals surface area (Å²) in [6, 6.07) is 15.0. The molecule has 0 spiro atoms. The minimum Gasteiger partial charge on any atom is -0.494 e. The van der Waals surface area contributed by atoms with Gasteiger partial charge in [-0.25, -0.2) is 0 Å². The van der Waals surface area contributed by atoms with Crippen LogP contribution in [0.15, 0.2) is 57.9 Å². The van der Waals surface area contributed by atoms with Crippen molar-refractivity contribution in [1.29, 1.82) is 0 Å². The molecule has 2 aromatic carbocycles. The molecule has 1 atom stereocenters. The highest BCUT2D eigenvalue weighted by molar-refractivity contribution is 9.10. The number of ether oxygens (including phenoxy) is 1. The Morgan fingerprint density at radius 3 is 2.60 bits per heavy atom. The molecule has 1 unspecified atom stereocenters. The fourth-order valence-electron chi connectivity index (χ4n) is 1.73. The summed E-state index contributed by atoms with van der Waals surface area (Å²) in [4.78, 5) is 0.688. The van der Waals surface area contributed by atoms with Gasteiger partial charge < -0.3 is 10.5 Å². The van der Waals surface area contributed by atoms with Crippen molar-refractivity contribution in [2.45, 2.75) is 11.3 Å². The minimum atomic E-state index is -1.09. The molecule has 5 heteroatoms. The molecule has 3 nitrogen and oxygen atoms in total. The van der Waals surface area contributed by atoms with Gasteiger partial charge in [-0.15, -0.1) is 0 Å². The Kier molecular flexibility index (Phi) is 5.61. The predicted octanol–water partition coefficient (Wildman–Crippen LogP) is 3.61. The van der Waals surface area contributed by atoms with E-state index in [1.54, 1.807) is 12.1 Å². The number of halogens is 1. The summed E-state index contributed by atoms with van der Waals surface area (Å²) in [6.45, 7) is 0.548. The maximum absolute atomic E-state index is 12.1. The first kappa shape index (κ1) is 15.1. The van der Waals surface area contributed by atoms with Crippen molar-refractivity contribution < 1.29 is 8.95 Å². The van der Waals surface area contributed by atoms with Gasteiger partial charge in [0.15, 0.2) is 0 Å². The highest BCUT2D eigenvalue weighted by Crippen LogP contribution is 2.22. The van der Waals surface area contributed by atoms with Crippen molar-refractivity contribution in [3.8, 4) is 5.75 Å². The second kappa shape index (κ2) is 7.45. The number of hydrogen-bond acceptors (Lipinski definition) is 3. The molecule has 0 radical (unpaired) electrons. The van der Waals surface area contributed by atoms with E-state index in [9.17, 15) is 4.21 Å². The van der Waals surface area contributed by atoms with Crippen LogP contribution in [0.1, 0.15) is 6.42 Å². The van der Waals surface area contributed by atoms with Gasteiger partial charge >= 0.3 is 0 Å². The molecule has 0 aliphatic rings. The van der Waals surface area contributed by atoms with E-state index >= 15 is 0 Å². The topological polar surface area (TPSA) is 52.3 Å². The first-order valence-corrected chi connectivity index (χ1v) is 8.39. The van der Waals surface area contributed by atoms with Gasteiger partial charge in [-0.05, 0) is 36.8 Å². The van der Waals surface area contributed by atoms with E-state index in [2.05, 4.69) is 15.9 Å². The van der Waals surface area contributed by atoms with Crippen molar-refractivity contribution >= 4 is 32.4 Å². The van der Waals surface area contributed by atoms with Crippen LogP contribution >= 0.6 is 15.9 Å². The number of para-hydroxylation sites is 1. The first-order chi connectivity index (χ1) is 9.66. The van der Waals surface area contributed by atoms with Gasteiger partial charge in [0, 0.05) is 15.9 Å². The normalized spacial score (nSPS) is 12.1. The molecule has 2 aromatic rings. The lowest BCUT2D eigenvalue weighted by molar-refractivity contribution is 0.318. The van der Waals surface area contributed by atoms with Crippen molar-refractivity contribution in [3.05, 3.63) is 53.0 Å². The van der Waals surface area contributed by atoms with Crippen LogP contribution in [0, 0.1) is 0 Å². The maximum atomic E-state index is 12.1. The molecule has 0 aromatic heterocycles. The molecule has 0 aliphatic carbocycles. The summed E-state index contributed by atoms with van der Waals surface area (Å²) in [5.74, 6) is 1.38. The summed E-state index contributed by atoms with van der Waals surface area (Å²) >= 11 is 3.34. The van der Waals surface area contributed by atoms with Gasteiger partial charge in [0.05, 0.1) is 22.3 Å². The monoisotopic (exact) mass is 353 g/mol. The quantitative estimate of drug-likeness (QED) is 0.637. The predicted molar refractivity (Wildman–Crippen MR) is 86.4 cm³/mol. The Hall–Kier alpha value is -1.33. The van der Waals surface area contributed by atoms with Gasteiger partial charge in [0.2, 0.25) is 0 Å². The standard InChI is InChI=1S/C15H16BrNO2S/c16-12-7-8-15(14(17)11-12)20(18)10-4-9-19-13-5-2-1-3-6-13/h1-3,5-8,11H,4,9-10,17H2.